The maximum atomic E-state index is 13.3. The number of cyclic esters (lactones) is 1. The van der Waals surface area contributed by atoms with Crippen LogP contribution >= 0.6 is 0 Å². The summed E-state index contributed by atoms with van der Waals surface area (Å²) in [6.45, 7) is 12.8. The van der Waals surface area contributed by atoms with Gasteiger partial charge in [0.05, 0.1) is 37.9 Å². The first-order chi connectivity index (χ1) is 20.2. The highest BCUT2D eigenvalue weighted by Crippen LogP contribution is 2.49. The predicted molar refractivity (Wildman–Crippen MR) is 164 cm³/mol. The van der Waals surface area contributed by atoms with Gasteiger partial charge in [-0.05, 0) is 75.8 Å². The molecule has 0 aromatic heterocycles. The number of likely N-dealkylation sites (tertiary alicyclic amines) is 1. The number of carbonyl (C=O) groups excluding carboxylic acids is 2. The molecule has 3 fully saturated rings. The first kappa shape index (κ1) is 29.7. The standard InChI is InChI=1S/C34H43N3O5/c1-7-31(36-12-9-13-36)35-27(20-37-23(5)32(42-34(37)39)26-15-21(3)14-22(4)16-26)18-25-17-24(10-11-30(25)40-6)28-19-29(28)33(38)41-8-2/h10-11,14-18,23,28-29,32H,7-9,12-13,19-20H2,1-6H3/b27-18+,35-31?/t23-,28-,29+,32-/m0/s1. The lowest BCUT2D eigenvalue weighted by Gasteiger charge is -2.34. The average Bonchev–Trinajstić information content (AvgIpc) is 3.68. The Kier molecular flexibility index (Phi) is 8.90. The summed E-state index contributed by atoms with van der Waals surface area (Å²) in [5.41, 5.74) is 6.00. The van der Waals surface area contributed by atoms with Crippen LogP contribution in [0.15, 0.2) is 47.1 Å². The highest BCUT2D eigenvalue weighted by Gasteiger charge is 2.45. The number of hydrogen-bond acceptors (Lipinski definition) is 6. The second kappa shape index (κ2) is 12.6. The number of hydrogen-bond donors (Lipinski definition) is 0. The fourth-order valence-corrected chi connectivity index (χ4v) is 6.08. The Morgan fingerprint density at radius 1 is 1.10 bits per heavy atom. The molecule has 8 heteroatoms. The lowest BCUT2D eigenvalue weighted by atomic mass is 9.99. The smallest absolute Gasteiger partial charge is 0.411 e. The number of carbonyl (C=O) groups is 2. The largest absolute Gasteiger partial charge is 0.496 e. The number of aryl methyl sites for hydroxylation is 2. The Bertz CT molecular complexity index is 1380. The van der Waals surface area contributed by atoms with E-state index in [1.54, 1.807) is 12.0 Å². The predicted octanol–water partition coefficient (Wildman–Crippen LogP) is 6.42. The van der Waals surface area contributed by atoms with Crippen LogP contribution in [0, 0.1) is 19.8 Å². The minimum Gasteiger partial charge on any atom is -0.496 e. The van der Waals surface area contributed by atoms with Crippen molar-refractivity contribution in [1.82, 2.24) is 9.80 Å². The summed E-state index contributed by atoms with van der Waals surface area (Å²) in [4.78, 5) is 34.8. The molecule has 5 rings (SSSR count). The van der Waals surface area contributed by atoms with Gasteiger partial charge in [0.2, 0.25) is 0 Å². The number of amidine groups is 1. The van der Waals surface area contributed by atoms with E-state index in [9.17, 15) is 9.59 Å². The Morgan fingerprint density at radius 2 is 1.83 bits per heavy atom. The molecular weight excluding hydrogens is 530 g/mol. The van der Waals surface area contributed by atoms with E-state index in [1.165, 1.54) is 0 Å². The van der Waals surface area contributed by atoms with Gasteiger partial charge in [-0.2, -0.15) is 0 Å². The van der Waals surface area contributed by atoms with Crippen LogP contribution in [0.1, 0.15) is 79.9 Å². The molecule has 4 atom stereocenters. The number of benzene rings is 2. The molecule has 3 aliphatic rings. The van der Waals surface area contributed by atoms with Crippen molar-refractivity contribution >= 4 is 24.0 Å². The van der Waals surface area contributed by atoms with Crippen LogP contribution in [0.2, 0.25) is 0 Å². The number of aliphatic imine (C=N–C) groups is 1. The van der Waals surface area contributed by atoms with Crippen molar-refractivity contribution in [2.45, 2.75) is 71.9 Å². The molecule has 1 saturated carbocycles. The summed E-state index contributed by atoms with van der Waals surface area (Å²) in [6.07, 6.45) is 4.06. The maximum absolute atomic E-state index is 13.3. The number of nitrogens with zero attached hydrogens (tertiary/aromatic N) is 3. The summed E-state index contributed by atoms with van der Waals surface area (Å²) in [7, 11) is 1.65. The van der Waals surface area contributed by atoms with Crippen molar-refractivity contribution in [3.05, 3.63) is 69.9 Å². The van der Waals surface area contributed by atoms with Crippen molar-refractivity contribution in [2.75, 3.05) is 33.4 Å². The Balaban J connectivity index is 1.47. The van der Waals surface area contributed by atoms with Crippen LogP contribution in [0.4, 0.5) is 4.79 Å². The number of ether oxygens (including phenoxy) is 3. The van der Waals surface area contributed by atoms with Gasteiger partial charge in [-0.15, -0.1) is 0 Å². The normalized spacial score (nSPS) is 23.9. The fourth-order valence-electron chi connectivity index (χ4n) is 6.08. The fraction of sp³-hybridized carbons (Fsp3) is 0.500. The van der Waals surface area contributed by atoms with Crippen molar-refractivity contribution in [3.63, 3.8) is 0 Å². The molecule has 0 bridgehead atoms. The Labute approximate surface area is 249 Å². The summed E-state index contributed by atoms with van der Waals surface area (Å²) < 4.78 is 16.9. The third-order valence-electron chi connectivity index (χ3n) is 8.49. The molecule has 0 spiro atoms. The molecule has 8 nitrogen and oxygen atoms in total. The SMILES string of the molecule is CCOC(=O)[C@@H]1C[C@H]1c1ccc(OC)c(/C=C(\CN2C(=O)O[C@H](c3cc(C)cc(C)c3)[C@@H]2C)N=C(CC)N2CCC2)c1. The molecule has 1 amide bonds. The lowest BCUT2D eigenvalue weighted by Crippen LogP contribution is -2.42. The molecule has 0 unspecified atom stereocenters. The minimum atomic E-state index is -0.352. The molecule has 224 valence electrons. The highest BCUT2D eigenvalue weighted by molar-refractivity contribution is 5.84. The quantitative estimate of drug-likeness (QED) is 0.186. The van der Waals surface area contributed by atoms with E-state index in [1.807, 2.05) is 32.1 Å². The zero-order chi connectivity index (χ0) is 30.0. The number of methoxy groups -OCH3 is 1. The molecular formula is C34H43N3O5. The van der Waals surface area contributed by atoms with Gasteiger partial charge in [-0.25, -0.2) is 9.79 Å². The minimum absolute atomic E-state index is 0.104. The third kappa shape index (κ3) is 6.32. The second-order valence-corrected chi connectivity index (χ2v) is 11.7. The van der Waals surface area contributed by atoms with Gasteiger partial charge >= 0.3 is 12.1 Å². The van der Waals surface area contributed by atoms with Gasteiger partial charge in [-0.1, -0.05) is 42.3 Å². The maximum Gasteiger partial charge on any atom is 0.411 e. The van der Waals surface area contributed by atoms with E-state index >= 15 is 0 Å². The summed E-state index contributed by atoms with van der Waals surface area (Å²) in [5.74, 6) is 1.62. The van der Waals surface area contributed by atoms with Crippen molar-refractivity contribution in [2.24, 2.45) is 10.9 Å². The van der Waals surface area contributed by atoms with Gasteiger partial charge in [0.1, 0.15) is 17.7 Å². The molecule has 2 aromatic carbocycles. The zero-order valence-electron chi connectivity index (χ0n) is 25.7. The van der Waals surface area contributed by atoms with Crippen LogP contribution < -0.4 is 4.74 Å². The molecule has 42 heavy (non-hydrogen) atoms. The molecule has 1 aliphatic carbocycles. The summed E-state index contributed by atoms with van der Waals surface area (Å²) >= 11 is 0. The second-order valence-electron chi connectivity index (χ2n) is 11.7. The number of amides is 1. The molecule has 2 heterocycles. The summed E-state index contributed by atoms with van der Waals surface area (Å²) in [6, 6.07) is 12.2. The zero-order valence-corrected chi connectivity index (χ0v) is 25.7. The molecule has 2 aliphatic heterocycles. The van der Waals surface area contributed by atoms with E-state index in [0.29, 0.717) is 18.9 Å². The van der Waals surface area contributed by atoms with Gasteiger partial charge in [-0.3, -0.25) is 9.69 Å². The van der Waals surface area contributed by atoms with Crippen molar-refractivity contribution in [1.29, 1.82) is 0 Å². The van der Waals surface area contributed by atoms with Gasteiger partial charge in [0.25, 0.3) is 0 Å². The average molecular weight is 574 g/mol. The van der Waals surface area contributed by atoms with E-state index in [-0.39, 0.29) is 36.0 Å². The first-order valence-electron chi connectivity index (χ1n) is 15.1. The Morgan fingerprint density at radius 3 is 2.45 bits per heavy atom. The topological polar surface area (TPSA) is 80.7 Å². The van der Waals surface area contributed by atoms with Crippen LogP contribution in [-0.2, 0) is 14.3 Å². The monoisotopic (exact) mass is 573 g/mol. The van der Waals surface area contributed by atoms with Gasteiger partial charge in [0.15, 0.2) is 0 Å². The number of rotatable bonds is 10. The van der Waals surface area contributed by atoms with Crippen LogP contribution in [0.5, 0.6) is 5.75 Å². The summed E-state index contributed by atoms with van der Waals surface area (Å²) in [5, 5.41) is 0. The Hall–Kier alpha value is -3.81. The van der Waals surface area contributed by atoms with E-state index in [2.05, 4.69) is 49.9 Å². The highest BCUT2D eigenvalue weighted by atomic mass is 16.6. The van der Waals surface area contributed by atoms with Gasteiger partial charge in [0, 0.05) is 25.1 Å². The molecule has 0 radical (unpaired) electrons. The van der Waals surface area contributed by atoms with E-state index in [0.717, 1.165) is 71.7 Å². The van der Waals surface area contributed by atoms with E-state index < -0.39 is 0 Å². The molecule has 0 N–H and O–H groups in total. The van der Waals surface area contributed by atoms with Crippen LogP contribution in [0.25, 0.3) is 6.08 Å². The first-order valence-corrected chi connectivity index (χ1v) is 15.1. The van der Waals surface area contributed by atoms with Gasteiger partial charge < -0.3 is 19.1 Å². The van der Waals surface area contributed by atoms with Crippen molar-refractivity contribution in [3.8, 4) is 5.75 Å². The van der Waals surface area contributed by atoms with Crippen LogP contribution in [0.3, 0.4) is 0 Å². The molecule has 2 saturated heterocycles. The van der Waals surface area contributed by atoms with Crippen LogP contribution in [-0.4, -0.2) is 67.1 Å². The lowest BCUT2D eigenvalue weighted by molar-refractivity contribution is -0.144. The third-order valence-corrected chi connectivity index (χ3v) is 8.49. The number of esters is 1. The van der Waals surface area contributed by atoms with Crippen molar-refractivity contribution < 1.29 is 23.8 Å². The van der Waals surface area contributed by atoms with E-state index in [4.69, 9.17) is 19.2 Å². The molecule has 2 aromatic rings.